The first-order valence-electron chi connectivity index (χ1n) is 11.9. The smallest absolute Gasteiger partial charge is 0.272 e. The summed E-state index contributed by atoms with van der Waals surface area (Å²) in [6, 6.07) is 19.1. The lowest BCUT2D eigenvalue weighted by Crippen LogP contribution is -2.48. The first kappa shape index (κ1) is 23.1. The average molecular weight is 471 g/mol. The summed E-state index contributed by atoms with van der Waals surface area (Å²) in [6.45, 7) is 0.659. The molecular weight excluding hydrogens is 440 g/mol. The number of carbonyl (C=O) groups excluding carboxylic acids is 2. The second-order valence-corrected chi connectivity index (χ2v) is 9.52. The van der Waals surface area contributed by atoms with E-state index in [1.54, 1.807) is 37.3 Å². The number of benzene rings is 2. The van der Waals surface area contributed by atoms with Crippen LogP contribution in [0, 0.1) is 5.92 Å². The first-order chi connectivity index (χ1) is 16.9. The maximum absolute atomic E-state index is 13.5. The van der Waals surface area contributed by atoms with Crippen molar-refractivity contribution < 1.29 is 14.7 Å². The standard InChI is InChI=1S/C28H30N4O3/c1-30(2)27(34)19-9-7-18(8-10-19)20-11-12-24-22(16-20)26-21(25(17-33)31(24)3)13-15-32(26)28(35)23-6-4-5-14-29-23/h4-12,14,16,21,25-26,33H,13,15,17H2,1-3H3/t21-,25-,26-/m0/s1. The van der Waals surface area contributed by atoms with Crippen LogP contribution in [0.1, 0.15) is 38.9 Å². The molecular formula is C28H30N4O3. The quantitative estimate of drug-likeness (QED) is 0.632. The van der Waals surface area contributed by atoms with E-state index >= 15 is 0 Å². The third-order valence-corrected chi connectivity index (χ3v) is 7.37. The van der Waals surface area contributed by atoms with Crippen LogP contribution in [0.5, 0.6) is 0 Å². The van der Waals surface area contributed by atoms with Crippen molar-refractivity contribution in [1.82, 2.24) is 14.8 Å². The number of nitrogens with zero attached hydrogens (tertiary/aromatic N) is 4. The highest BCUT2D eigenvalue weighted by Gasteiger charge is 2.48. The van der Waals surface area contributed by atoms with Gasteiger partial charge in [-0.25, -0.2) is 0 Å². The number of amides is 2. The fourth-order valence-electron chi connectivity index (χ4n) is 5.56. The van der Waals surface area contributed by atoms with Gasteiger partial charge in [0.15, 0.2) is 0 Å². The van der Waals surface area contributed by atoms with E-state index in [2.05, 4.69) is 28.1 Å². The molecule has 1 fully saturated rings. The van der Waals surface area contributed by atoms with Crippen LogP contribution in [-0.2, 0) is 0 Å². The van der Waals surface area contributed by atoms with Crippen molar-refractivity contribution in [2.45, 2.75) is 18.5 Å². The van der Waals surface area contributed by atoms with Gasteiger partial charge < -0.3 is 19.8 Å². The SMILES string of the molecule is CN(C)C(=O)c1ccc(-c2ccc3c(c2)[C@@H]2[C@@H](CCN2C(=O)c2ccccn2)[C@H](CO)N3C)cc1. The highest BCUT2D eigenvalue weighted by Crippen LogP contribution is 2.49. The van der Waals surface area contributed by atoms with E-state index in [1.165, 1.54) is 0 Å². The summed E-state index contributed by atoms with van der Waals surface area (Å²) < 4.78 is 0. The summed E-state index contributed by atoms with van der Waals surface area (Å²) in [5.74, 6) is 0.0129. The Morgan fingerprint density at radius 2 is 1.80 bits per heavy atom. The van der Waals surface area contributed by atoms with Gasteiger partial charge >= 0.3 is 0 Å². The van der Waals surface area contributed by atoms with Gasteiger partial charge in [-0.3, -0.25) is 14.6 Å². The van der Waals surface area contributed by atoms with Gasteiger partial charge in [0.1, 0.15) is 5.69 Å². The second-order valence-electron chi connectivity index (χ2n) is 9.52. The molecule has 35 heavy (non-hydrogen) atoms. The van der Waals surface area contributed by atoms with E-state index < -0.39 is 0 Å². The molecule has 7 nitrogen and oxygen atoms in total. The Balaban J connectivity index is 1.55. The van der Waals surface area contributed by atoms with Crippen LogP contribution in [0.2, 0.25) is 0 Å². The number of fused-ring (bicyclic) bond motifs is 3. The molecule has 0 spiro atoms. The van der Waals surface area contributed by atoms with Crippen LogP contribution in [0.15, 0.2) is 66.9 Å². The summed E-state index contributed by atoms with van der Waals surface area (Å²) in [4.78, 5) is 35.6. The van der Waals surface area contributed by atoms with E-state index in [9.17, 15) is 14.7 Å². The van der Waals surface area contributed by atoms with Gasteiger partial charge in [-0.15, -0.1) is 0 Å². The van der Waals surface area contributed by atoms with Gasteiger partial charge in [0.2, 0.25) is 0 Å². The summed E-state index contributed by atoms with van der Waals surface area (Å²) in [5.41, 5.74) is 5.22. The molecule has 3 aromatic rings. The molecule has 1 saturated heterocycles. The first-order valence-corrected chi connectivity index (χ1v) is 11.9. The Bertz CT molecular complexity index is 1240. The van der Waals surface area contributed by atoms with E-state index in [1.807, 2.05) is 42.3 Å². The molecule has 3 atom stereocenters. The summed E-state index contributed by atoms with van der Waals surface area (Å²) in [5, 5.41) is 10.2. The number of aliphatic hydroxyl groups is 1. The molecule has 0 radical (unpaired) electrons. The van der Waals surface area contributed by atoms with Gasteiger partial charge in [0, 0.05) is 51.1 Å². The van der Waals surface area contributed by atoms with Crippen LogP contribution in [0.3, 0.4) is 0 Å². The minimum Gasteiger partial charge on any atom is -0.394 e. The third kappa shape index (κ3) is 3.96. The number of rotatable bonds is 4. The molecule has 2 aromatic carbocycles. The van der Waals surface area contributed by atoms with E-state index in [0.717, 1.165) is 28.8 Å². The van der Waals surface area contributed by atoms with E-state index in [-0.39, 0.29) is 36.4 Å². The maximum atomic E-state index is 13.5. The number of carbonyl (C=O) groups is 2. The molecule has 2 aliphatic heterocycles. The number of anilines is 1. The van der Waals surface area contributed by atoms with Crippen molar-refractivity contribution >= 4 is 17.5 Å². The predicted octanol–water partition coefficient (Wildman–Crippen LogP) is 3.46. The van der Waals surface area contributed by atoms with Gasteiger partial charge in [-0.1, -0.05) is 24.3 Å². The summed E-state index contributed by atoms with van der Waals surface area (Å²) in [7, 11) is 5.50. The number of aromatic nitrogens is 1. The zero-order valence-electron chi connectivity index (χ0n) is 20.3. The van der Waals surface area contributed by atoms with Crippen LogP contribution >= 0.6 is 0 Å². The van der Waals surface area contributed by atoms with Gasteiger partial charge in [-0.2, -0.15) is 0 Å². The zero-order valence-corrected chi connectivity index (χ0v) is 20.3. The Morgan fingerprint density at radius 3 is 2.46 bits per heavy atom. The van der Waals surface area contributed by atoms with Crippen molar-refractivity contribution in [2.75, 3.05) is 39.2 Å². The zero-order chi connectivity index (χ0) is 24.7. The van der Waals surface area contributed by atoms with Gasteiger partial charge in [0.05, 0.1) is 18.7 Å². The predicted molar refractivity (Wildman–Crippen MR) is 135 cm³/mol. The Hall–Kier alpha value is -3.71. The molecule has 7 heteroatoms. The molecule has 2 amide bonds. The molecule has 3 heterocycles. The lowest BCUT2D eigenvalue weighted by Gasteiger charge is -2.44. The number of aliphatic hydroxyl groups excluding tert-OH is 1. The number of likely N-dealkylation sites (N-methyl/N-ethyl adjacent to an activating group) is 1. The molecule has 180 valence electrons. The number of pyridine rings is 1. The highest BCUT2D eigenvalue weighted by molar-refractivity contribution is 5.94. The lowest BCUT2D eigenvalue weighted by molar-refractivity contribution is 0.0688. The van der Waals surface area contributed by atoms with Crippen molar-refractivity contribution in [3.63, 3.8) is 0 Å². The number of hydrogen-bond donors (Lipinski definition) is 1. The summed E-state index contributed by atoms with van der Waals surface area (Å²) in [6.07, 6.45) is 2.46. The molecule has 0 bridgehead atoms. The Kier molecular flexibility index (Phi) is 6.03. The Morgan fingerprint density at radius 1 is 1.06 bits per heavy atom. The molecule has 1 aromatic heterocycles. The fraction of sp³-hybridized carbons (Fsp3) is 0.321. The molecule has 0 unspecified atom stereocenters. The fourth-order valence-corrected chi connectivity index (χ4v) is 5.56. The number of hydrogen-bond acceptors (Lipinski definition) is 5. The van der Waals surface area contributed by atoms with Gasteiger partial charge in [-0.05, 0) is 59.5 Å². The van der Waals surface area contributed by atoms with Crippen LogP contribution in [0.4, 0.5) is 5.69 Å². The molecule has 5 rings (SSSR count). The largest absolute Gasteiger partial charge is 0.394 e. The molecule has 0 aliphatic carbocycles. The second kappa shape index (κ2) is 9.15. The monoisotopic (exact) mass is 470 g/mol. The van der Waals surface area contributed by atoms with Crippen molar-refractivity contribution in [3.8, 4) is 11.1 Å². The minimum atomic E-state index is -0.137. The van der Waals surface area contributed by atoms with Crippen LogP contribution < -0.4 is 4.90 Å². The van der Waals surface area contributed by atoms with Gasteiger partial charge in [0.25, 0.3) is 11.8 Å². The van der Waals surface area contributed by atoms with E-state index in [0.29, 0.717) is 17.8 Å². The maximum Gasteiger partial charge on any atom is 0.272 e. The molecule has 0 saturated carbocycles. The van der Waals surface area contributed by atoms with Crippen LogP contribution in [0.25, 0.3) is 11.1 Å². The van der Waals surface area contributed by atoms with Crippen LogP contribution in [-0.4, -0.2) is 72.0 Å². The molecule has 2 aliphatic rings. The third-order valence-electron chi connectivity index (χ3n) is 7.37. The average Bonchev–Trinajstić information content (AvgIpc) is 3.33. The highest BCUT2D eigenvalue weighted by atomic mass is 16.3. The Labute approximate surface area is 205 Å². The van der Waals surface area contributed by atoms with Crippen molar-refractivity contribution in [1.29, 1.82) is 0 Å². The summed E-state index contributed by atoms with van der Waals surface area (Å²) >= 11 is 0. The minimum absolute atomic E-state index is 0.0314. The van der Waals surface area contributed by atoms with Crippen molar-refractivity contribution in [2.24, 2.45) is 5.92 Å². The molecule has 1 N–H and O–H groups in total. The van der Waals surface area contributed by atoms with Crippen molar-refractivity contribution in [3.05, 3.63) is 83.7 Å². The lowest BCUT2D eigenvalue weighted by atomic mass is 9.81. The normalized spacial score (nSPS) is 20.9. The number of likely N-dealkylation sites (tertiary alicyclic amines) is 1. The van der Waals surface area contributed by atoms with E-state index in [4.69, 9.17) is 0 Å². The topological polar surface area (TPSA) is 77.0 Å².